The molecule has 0 saturated carbocycles. The lowest BCUT2D eigenvalue weighted by Crippen LogP contribution is -2.51. The highest BCUT2D eigenvalue weighted by molar-refractivity contribution is 5.89. The summed E-state index contributed by atoms with van der Waals surface area (Å²) >= 11 is 0. The number of aromatic nitrogens is 7. The number of nitrogens with zero attached hydrogens (tertiary/aromatic N) is 6. The molecule has 0 spiro atoms. The highest BCUT2D eigenvalue weighted by Gasteiger charge is 2.50. The van der Waals surface area contributed by atoms with Crippen LogP contribution in [0.2, 0.25) is 0 Å². The Morgan fingerprint density at radius 2 is 1.54 bits per heavy atom. The topological polar surface area (TPSA) is 202 Å². The first-order chi connectivity index (χ1) is 28.3. The van der Waals surface area contributed by atoms with Gasteiger partial charge in [-0.2, -0.15) is 0 Å². The number of nitrogens with one attached hydrogen (secondary N) is 4. The van der Waals surface area contributed by atoms with Gasteiger partial charge in [0.05, 0.1) is 56.5 Å². The van der Waals surface area contributed by atoms with E-state index in [-0.39, 0.29) is 35.9 Å². The minimum atomic E-state index is -3.14. The van der Waals surface area contributed by atoms with E-state index in [2.05, 4.69) is 55.9 Å². The SMILES string of the molecule is COC(=O)N[C@H]1CCc2ccn3c2C1C(=O)C[C@H](c1ncc(-c2cnc(-c4ccc(-c5cnc([C@@H]6CC(F)(F)CN6C(=O)[C@@H](NC(=O)OC)C(C)C)[nH]5)cc4)nc2)[nH]1)C3. The van der Waals surface area contributed by atoms with Crippen LogP contribution in [-0.4, -0.2) is 102 Å². The normalized spacial score (nSPS) is 21.4. The molecular formula is C41H44F2N10O6. The third-order valence-corrected chi connectivity index (χ3v) is 11.5. The summed E-state index contributed by atoms with van der Waals surface area (Å²) in [6, 6.07) is 6.95. The number of hydrogen-bond acceptors (Lipinski definition) is 10. The molecule has 16 nitrogen and oxygen atoms in total. The molecule has 3 aliphatic rings. The Balaban J connectivity index is 0.943. The lowest BCUT2D eigenvalue weighted by atomic mass is 9.79. The molecule has 4 N–H and O–H groups in total. The number of methoxy groups -OCH3 is 2. The molecule has 1 fully saturated rings. The number of ketones is 1. The summed E-state index contributed by atoms with van der Waals surface area (Å²) in [4.78, 5) is 77.1. The quantitative estimate of drug-likeness (QED) is 0.147. The number of benzene rings is 1. The van der Waals surface area contributed by atoms with Gasteiger partial charge in [0.2, 0.25) is 5.91 Å². The molecule has 0 bridgehead atoms. The highest BCUT2D eigenvalue weighted by Crippen LogP contribution is 2.42. The van der Waals surface area contributed by atoms with Crippen LogP contribution in [0.5, 0.6) is 0 Å². The van der Waals surface area contributed by atoms with Crippen LogP contribution in [-0.2, 0) is 32.0 Å². The van der Waals surface area contributed by atoms with E-state index in [1.54, 1.807) is 32.4 Å². The molecule has 2 aliphatic heterocycles. The van der Waals surface area contributed by atoms with Gasteiger partial charge >= 0.3 is 12.2 Å². The Bertz CT molecular complexity index is 2370. The number of H-pyrrole nitrogens is 2. The maximum Gasteiger partial charge on any atom is 0.407 e. The van der Waals surface area contributed by atoms with Gasteiger partial charge in [-0.05, 0) is 36.0 Å². The lowest BCUT2D eigenvalue weighted by Gasteiger charge is -2.31. The van der Waals surface area contributed by atoms with Crippen molar-refractivity contribution < 1.29 is 37.4 Å². The molecule has 3 amide bonds. The molecule has 4 aromatic heterocycles. The summed E-state index contributed by atoms with van der Waals surface area (Å²) in [7, 11) is 2.48. The van der Waals surface area contributed by atoms with Crippen molar-refractivity contribution in [2.24, 2.45) is 5.92 Å². The van der Waals surface area contributed by atoms with Crippen molar-refractivity contribution in [3.05, 3.63) is 84.2 Å². The van der Waals surface area contributed by atoms with Gasteiger partial charge in [0.25, 0.3) is 5.92 Å². The first-order valence-corrected chi connectivity index (χ1v) is 19.4. The zero-order valence-corrected chi connectivity index (χ0v) is 32.9. The van der Waals surface area contributed by atoms with Gasteiger partial charge in [0.1, 0.15) is 23.5 Å². The van der Waals surface area contributed by atoms with E-state index < -0.39 is 55.0 Å². The van der Waals surface area contributed by atoms with E-state index in [1.807, 2.05) is 30.5 Å². The molecule has 308 valence electrons. The summed E-state index contributed by atoms with van der Waals surface area (Å²) in [5.41, 5.74) is 5.52. The van der Waals surface area contributed by atoms with Crippen molar-refractivity contribution in [1.82, 2.24) is 50.0 Å². The molecule has 1 unspecified atom stereocenters. The second-order valence-electron chi connectivity index (χ2n) is 15.6. The summed E-state index contributed by atoms with van der Waals surface area (Å²) in [6.07, 6.45) is 8.32. The van der Waals surface area contributed by atoms with Crippen molar-refractivity contribution in [1.29, 1.82) is 0 Å². The standard InChI is InChI=1S/C41H44F2N10O6/c1-21(2)33(51-40(57)59-4)38(55)53-20-41(42,43)14-30(53)37-47-17-28(49-37)22-5-7-24(8-6-22)35-44-15-26(16-45-35)29-18-46-36(48-29)25-13-31(54)32-27(50-39(56)58-3)10-9-23-11-12-52(19-25)34(23)32/h5-8,11-12,15-18,21,25,27,30,32-33H,9-10,13-14,19-20H2,1-4H3,(H,46,48)(H,47,49)(H,50,56)(H,51,57)/t25-,27-,30-,32?,33-/m0/s1. The van der Waals surface area contributed by atoms with Crippen LogP contribution in [0.3, 0.4) is 0 Å². The third-order valence-electron chi connectivity index (χ3n) is 11.5. The molecule has 59 heavy (non-hydrogen) atoms. The molecule has 1 aromatic carbocycles. The Morgan fingerprint density at radius 1 is 0.881 bits per heavy atom. The number of amides is 3. The van der Waals surface area contributed by atoms with Gasteiger partial charge in [0.15, 0.2) is 5.82 Å². The van der Waals surface area contributed by atoms with E-state index in [0.29, 0.717) is 41.6 Å². The second-order valence-corrected chi connectivity index (χ2v) is 15.6. The number of ether oxygens (including phenoxy) is 2. The molecule has 1 saturated heterocycles. The van der Waals surface area contributed by atoms with E-state index in [9.17, 15) is 28.0 Å². The second kappa shape index (κ2) is 15.7. The van der Waals surface area contributed by atoms with Crippen LogP contribution < -0.4 is 10.6 Å². The van der Waals surface area contributed by atoms with Gasteiger partial charge in [0, 0.05) is 66.8 Å². The smallest absolute Gasteiger partial charge is 0.407 e. The van der Waals surface area contributed by atoms with Crippen LogP contribution in [0, 0.1) is 5.92 Å². The van der Waals surface area contributed by atoms with E-state index in [0.717, 1.165) is 33.7 Å². The molecule has 1 aliphatic carbocycles. The summed E-state index contributed by atoms with van der Waals surface area (Å²) in [5.74, 6) is -3.44. The number of Topliss-reactive ketones (excluding diaryl/α,β-unsaturated/α-hetero) is 1. The van der Waals surface area contributed by atoms with E-state index in [4.69, 9.17) is 4.74 Å². The van der Waals surface area contributed by atoms with Crippen LogP contribution in [0.15, 0.2) is 61.3 Å². The number of imidazole rings is 2. The molecule has 18 heteroatoms. The predicted molar refractivity (Wildman–Crippen MR) is 208 cm³/mol. The Hall–Kier alpha value is -6.46. The fourth-order valence-corrected chi connectivity index (χ4v) is 8.47. The van der Waals surface area contributed by atoms with Gasteiger partial charge in [-0.1, -0.05) is 38.1 Å². The summed E-state index contributed by atoms with van der Waals surface area (Å²) < 4.78 is 41.1. The average Bonchev–Trinajstić information content (AvgIpc) is 4.04. The van der Waals surface area contributed by atoms with Gasteiger partial charge in [-0.3, -0.25) is 9.59 Å². The number of hydrogen-bond donors (Lipinski definition) is 4. The Kier molecular flexibility index (Phi) is 10.5. The minimum Gasteiger partial charge on any atom is -0.453 e. The van der Waals surface area contributed by atoms with E-state index >= 15 is 0 Å². The lowest BCUT2D eigenvalue weighted by molar-refractivity contribution is -0.136. The number of carbonyl (C=O) groups excluding carboxylic acids is 4. The van der Waals surface area contributed by atoms with Crippen LogP contribution >= 0.6 is 0 Å². The van der Waals surface area contributed by atoms with Gasteiger partial charge in [-0.25, -0.2) is 38.3 Å². The number of alkyl halides is 2. The van der Waals surface area contributed by atoms with E-state index in [1.165, 1.54) is 20.4 Å². The molecule has 0 radical (unpaired) electrons. The number of rotatable bonds is 9. The van der Waals surface area contributed by atoms with Crippen LogP contribution in [0.25, 0.3) is 33.9 Å². The minimum absolute atomic E-state index is 0.0441. The Morgan fingerprint density at radius 3 is 2.24 bits per heavy atom. The summed E-state index contributed by atoms with van der Waals surface area (Å²) in [6.45, 7) is 3.18. The number of halogens is 2. The van der Waals surface area contributed by atoms with Crippen molar-refractivity contribution in [3.8, 4) is 33.9 Å². The van der Waals surface area contributed by atoms with Gasteiger partial charge in [-0.15, -0.1) is 0 Å². The zero-order chi connectivity index (χ0) is 41.6. The average molecular weight is 811 g/mol. The predicted octanol–water partition coefficient (Wildman–Crippen LogP) is 5.53. The number of carbonyl (C=O) groups is 4. The third kappa shape index (κ3) is 7.78. The van der Waals surface area contributed by atoms with Crippen molar-refractivity contribution in [2.75, 3.05) is 20.8 Å². The number of aryl methyl sites for hydroxylation is 1. The molecule has 5 atom stereocenters. The van der Waals surface area contributed by atoms with Crippen molar-refractivity contribution in [3.63, 3.8) is 0 Å². The fourth-order valence-electron chi connectivity index (χ4n) is 8.47. The first-order valence-electron chi connectivity index (χ1n) is 19.4. The molecule has 5 aromatic rings. The molecule has 8 rings (SSSR count). The van der Waals surface area contributed by atoms with Gasteiger partial charge < -0.3 is 39.5 Å². The summed E-state index contributed by atoms with van der Waals surface area (Å²) in [5, 5.41) is 5.34. The molecule has 6 heterocycles. The largest absolute Gasteiger partial charge is 0.453 e. The Labute approximate surface area is 337 Å². The van der Waals surface area contributed by atoms with Crippen LogP contribution in [0.4, 0.5) is 18.4 Å². The van der Waals surface area contributed by atoms with Crippen molar-refractivity contribution in [2.45, 2.75) is 82.0 Å². The number of likely N-dealkylation sites (tertiary alicyclic amines) is 1. The number of aromatic amines is 2. The number of alkyl carbamates (subject to hydrolysis) is 2. The first kappa shape index (κ1) is 39.4. The zero-order valence-electron chi connectivity index (χ0n) is 32.9. The maximum absolute atomic E-state index is 14.8. The van der Waals surface area contributed by atoms with Crippen molar-refractivity contribution >= 4 is 23.9 Å². The highest BCUT2D eigenvalue weighted by atomic mass is 19.3. The maximum atomic E-state index is 14.8. The van der Waals surface area contributed by atoms with Crippen LogP contribution in [0.1, 0.15) is 73.9 Å². The fraction of sp³-hybridized carbons (Fsp3) is 0.415. The molecular weight excluding hydrogens is 767 g/mol. The monoisotopic (exact) mass is 810 g/mol.